The average Bonchev–Trinajstić information content (AvgIpc) is 2.52. The Morgan fingerprint density at radius 3 is 2.33 bits per heavy atom. The van der Waals surface area contributed by atoms with Gasteiger partial charge < -0.3 is 10.1 Å². The lowest BCUT2D eigenvalue weighted by Gasteiger charge is -2.19. The smallest absolute Gasteiger partial charge is 0.0704 e. The van der Waals surface area contributed by atoms with Crippen LogP contribution in [-0.4, -0.2) is 24.8 Å². The zero-order valence-electron chi connectivity index (χ0n) is 10.0. The molecule has 2 rings (SSSR count). The van der Waals surface area contributed by atoms with Crippen LogP contribution in [0.15, 0.2) is 0 Å². The van der Waals surface area contributed by atoms with Crippen LogP contribution in [0, 0.1) is 0 Å². The molecule has 1 saturated heterocycles. The normalized spacial score (nSPS) is 34.2. The highest BCUT2D eigenvalue weighted by Gasteiger charge is 2.22. The third-order valence-electron chi connectivity index (χ3n) is 3.81. The van der Waals surface area contributed by atoms with Gasteiger partial charge in [0.2, 0.25) is 0 Å². The maximum Gasteiger partial charge on any atom is 0.0704 e. The van der Waals surface area contributed by atoms with E-state index < -0.39 is 0 Å². The standard InChI is InChI=1S/C13H25NO/c1-11-8-9-13(15-11)10-14-12-6-4-2-3-5-7-12/h11-14H,2-10H2,1H3. The van der Waals surface area contributed by atoms with E-state index in [1.807, 2.05) is 0 Å². The van der Waals surface area contributed by atoms with Crippen molar-refractivity contribution in [3.63, 3.8) is 0 Å². The van der Waals surface area contributed by atoms with Crippen LogP contribution in [0.1, 0.15) is 58.3 Å². The molecule has 0 aromatic carbocycles. The van der Waals surface area contributed by atoms with Crippen LogP contribution in [0.25, 0.3) is 0 Å². The van der Waals surface area contributed by atoms with Crippen molar-refractivity contribution in [2.45, 2.75) is 76.5 Å². The molecule has 1 N–H and O–H groups in total. The largest absolute Gasteiger partial charge is 0.374 e. The van der Waals surface area contributed by atoms with Gasteiger partial charge in [0.15, 0.2) is 0 Å². The summed E-state index contributed by atoms with van der Waals surface area (Å²) >= 11 is 0. The van der Waals surface area contributed by atoms with Crippen molar-refractivity contribution >= 4 is 0 Å². The van der Waals surface area contributed by atoms with Crippen LogP contribution >= 0.6 is 0 Å². The van der Waals surface area contributed by atoms with Crippen LogP contribution in [0.5, 0.6) is 0 Å². The van der Waals surface area contributed by atoms with Gasteiger partial charge in [-0.05, 0) is 32.6 Å². The monoisotopic (exact) mass is 211 g/mol. The Hall–Kier alpha value is -0.0800. The topological polar surface area (TPSA) is 21.3 Å². The Kier molecular flexibility index (Phi) is 4.45. The Labute approximate surface area is 93.8 Å². The lowest BCUT2D eigenvalue weighted by atomic mass is 10.1. The minimum atomic E-state index is 0.489. The van der Waals surface area contributed by atoms with Crippen molar-refractivity contribution in [1.29, 1.82) is 0 Å². The van der Waals surface area contributed by atoms with Gasteiger partial charge in [0, 0.05) is 12.6 Å². The Morgan fingerprint density at radius 1 is 1.00 bits per heavy atom. The first kappa shape index (κ1) is 11.4. The summed E-state index contributed by atoms with van der Waals surface area (Å²) in [6.07, 6.45) is 11.9. The molecule has 1 saturated carbocycles. The average molecular weight is 211 g/mol. The summed E-state index contributed by atoms with van der Waals surface area (Å²) in [7, 11) is 0. The number of hydrogen-bond donors (Lipinski definition) is 1. The van der Waals surface area contributed by atoms with E-state index in [0.29, 0.717) is 12.2 Å². The van der Waals surface area contributed by atoms with Crippen molar-refractivity contribution in [1.82, 2.24) is 5.32 Å². The molecule has 2 heteroatoms. The fourth-order valence-electron chi connectivity index (χ4n) is 2.82. The van der Waals surface area contributed by atoms with Crippen LogP contribution < -0.4 is 5.32 Å². The number of nitrogens with one attached hydrogen (secondary N) is 1. The van der Waals surface area contributed by atoms with Crippen molar-refractivity contribution < 1.29 is 4.74 Å². The predicted octanol–water partition coefficient (Wildman–Crippen LogP) is 2.87. The van der Waals surface area contributed by atoms with Gasteiger partial charge in [0.25, 0.3) is 0 Å². The van der Waals surface area contributed by atoms with Crippen molar-refractivity contribution in [3.05, 3.63) is 0 Å². The Bertz CT molecular complexity index is 175. The molecule has 0 amide bonds. The third kappa shape index (κ3) is 3.76. The highest BCUT2D eigenvalue weighted by Crippen LogP contribution is 2.20. The minimum absolute atomic E-state index is 0.489. The molecular formula is C13H25NO. The van der Waals surface area contributed by atoms with Crippen LogP contribution in [0.4, 0.5) is 0 Å². The van der Waals surface area contributed by atoms with E-state index in [1.165, 1.54) is 51.4 Å². The second-order valence-corrected chi connectivity index (χ2v) is 5.24. The summed E-state index contributed by atoms with van der Waals surface area (Å²) in [5.41, 5.74) is 0. The van der Waals surface area contributed by atoms with Crippen molar-refractivity contribution in [3.8, 4) is 0 Å². The van der Waals surface area contributed by atoms with Gasteiger partial charge >= 0.3 is 0 Å². The number of ether oxygens (including phenoxy) is 1. The second-order valence-electron chi connectivity index (χ2n) is 5.24. The van der Waals surface area contributed by atoms with Gasteiger partial charge in [-0.25, -0.2) is 0 Å². The zero-order valence-corrected chi connectivity index (χ0v) is 10.0. The van der Waals surface area contributed by atoms with E-state index in [9.17, 15) is 0 Å². The lowest BCUT2D eigenvalue weighted by Crippen LogP contribution is -2.35. The van der Waals surface area contributed by atoms with Gasteiger partial charge in [-0.1, -0.05) is 25.7 Å². The summed E-state index contributed by atoms with van der Waals surface area (Å²) in [6.45, 7) is 3.26. The second kappa shape index (κ2) is 5.86. The molecule has 0 spiro atoms. The summed E-state index contributed by atoms with van der Waals surface area (Å²) in [4.78, 5) is 0. The SMILES string of the molecule is CC1CCC(CNC2CCCCCC2)O1. The molecule has 2 unspecified atom stereocenters. The van der Waals surface area contributed by atoms with E-state index in [4.69, 9.17) is 4.74 Å². The van der Waals surface area contributed by atoms with Crippen LogP contribution in [0.2, 0.25) is 0 Å². The van der Waals surface area contributed by atoms with E-state index >= 15 is 0 Å². The van der Waals surface area contributed by atoms with E-state index in [-0.39, 0.29) is 0 Å². The van der Waals surface area contributed by atoms with E-state index in [0.717, 1.165) is 12.6 Å². The summed E-state index contributed by atoms with van der Waals surface area (Å²) in [5, 5.41) is 3.70. The molecule has 2 fully saturated rings. The highest BCUT2D eigenvalue weighted by molar-refractivity contribution is 4.76. The molecule has 2 aliphatic rings. The molecule has 2 nitrogen and oxygen atoms in total. The molecule has 0 aromatic rings. The predicted molar refractivity (Wildman–Crippen MR) is 63.1 cm³/mol. The number of rotatable bonds is 3. The summed E-state index contributed by atoms with van der Waals surface area (Å²) < 4.78 is 5.82. The summed E-state index contributed by atoms with van der Waals surface area (Å²) in [6, 6.07) is 0.770. The molecule has 0 aromatic heterocycles. The Morgan fingerprint density at radius 2 is 1.73 bits per heavy atom. The Balaban J connectivity index is 1.63. The highest BCUT2D eigenvalue weighted by atomic mass is 16.5. The van der Waals surface area contributed by atoms with Gasteiger partial charge in [0.1, 0.15) is 0 Å². The molecule has 0 bridgehead atoms. The third-order valence-corrected chi connectivity index (χ3v) is 3.81. The molecule has 88 valence electrons. The first-order valence-corrected chi connectivity index (χ1v) is 6.73. The van der Waals surface area contributed by atoms with Crippen LogP contribution in [0.3, 0.4) is 0 Å². The maximum absolute atomic E-state index is 5.82. The molecule has 15 heavy (non-hydrogen) atoms. The molecule has 1 aliphatic heterocycles. The first-order valence-electron chi connectivity index (χ1n) is 6.73. The van der Waals surface area contributed by atoms with Gasteiger partial charge in [-0.2, -0.15) is 0 Å². The zero-order chi connectivity index (χ0) is 10.5. The fraction of sp³-hybridized carbons (Fsp3) is 1.00. The van der Waals surface area contributed by atoms with Gasteiger partial charge in [-0.3, -0.25) is 0 Å². The first-order chi connectivity index (χ1) is 7.34. The quantitative estimate of drug-likeness (QED) is 0.725. The van der Waals surface area contributed by atoms with Gasteiger partial charge in [0.05, 0.1) is 12.2 Å². The fourth-order valence-corrected chi connectivity index (χ4v) is 2.82. The maximum atomic E-state index is 5.82. The molecular weight excluding hydrogens is 186 g/mol. The van der Waals surface area contributed by atoms with Crippen molar-refractivity contribution in [2.75, 3.05) is 6.54 Å². The number of hydrogen-bond acceptors (Lipinski definition) is 2. The summed E-state index contributed by atoms with van der Waals surface area (Å²) in [5.74, 6) is 0. The minimum Gasteiger partial charge on any atom is -0.374 e. The molecule has 2 atom stereocenters. The lowest BCUT2D eigenvalue weighted by molar-refractivity contribution is 0.0540. The van der Waals surface area contributed by atoms with Crippen LogP contribution in [-0.2, 0) is 4.74 Å². The van der Waals surface area contributed by atoms with E-state index in [1.54, 1.807) is 0 Å². The molecule has 1 aliphatic carbocycles. The molecule has 0 radical (unpaired) electrons. The van der Waals surface area contributed by atoms with E-state index in [2.05, 4.69) is 12.2 Å². The molecule has 1 heterocycles. The van der Waals surface area contributed by atoms with Crippen molar-refractivity contribution in [2.24, 2.45) is 0 Å². The van der Waals surface area contributed by atoms with Gasteiger partial charge in [-0.15, -0.1) is 0 Å².